The predicted octanol–water partition coefficient (Wildman–Crippen LogP) is 3.42. The maximum absolute atomic E-state index is 13.2. The number of fused-ring (bicyclic) bond motifs is 1. The van der Waals surface area contributed by atoms with Crippen LogP contribution in [0.4, 0.5) is 11.4 Å². The summed E-state index contributed by atoms with van der Waals surface area (Å²) in [6.07, 6.45) is 2.23. The van der Waals surface area contributed by atoms with Crippen molar-refractivity contribution in [3.63, 3.8) is 0 Å². The predicted molar refractivity (Wildman–Crippen MR) is 105 cm³/mol. The van der Waals surface area contributed by atoms with Crippen LogP contribution in [-0.2, 0) is 16.0 Å². The number of nitrogens with zero attached hydrogens (tertiary/aromatic N) is 2. The molecule has 0 aromatic heterocycles. The molecule has 2 amide bonds. The van der Waals surface area contributed by atoms with Gasteiger partial charge in [0.2, 0.25) is 11.8 Å². The maximum Gasteiger partial charge on any atom is 0.232 e. The molecule has 2 aliphatic heterocycles. The zero-order valence-electron chi connectivity index (χ0n) is 15.6. The molecule has 2 aromatic rings. The highest BCUT2D eigenvalue weighted by atomic mass is 16.5. The molecule has 0 unspecified atom stereocenters. The molecule has 27 heavy (non-hydrogen) atoms. The van der Waals surface area contributed by atoms with Gasteiger partial charge in [-0.1, -0.05) is 18.2 Å². The Hall–Kier alpha value is -2.82. The molecule has 2 aromatic carbocycles. The largest absolute Gasteiger partial charge is 0.494 e. The summed E-state index contributed by atoms with van der Waals surface area (Å²) in [5, 5.41) is 0. The second kappa shape index (κ2) is 7.43. The number of rotatable bonds is 4. The summed E-state index contributed by atoms with van der Waals surface area (Å²) in [5.41, 5.74) is 3.03. The van der Waals surface area contributed by atoms with Gasteiger partial charge in [0, 0.05) is 30.9 Å². The first-order valence-electron chi connectivity index (χ1n) is 9.60. The molecular weight excluding hydrogens is 340 g/mol. The molecule has 1 fully saturated rings. The minimum absolute atomic E-state index is 0.00260. The minimum atomic E-state index is -0.296. The Bertz CT molecular complexity index is 847. The summed E-state index contributed by atoms with van der Waals surface area (Å²) < 4.78 is 5.46. The van der Waals surface area contributed by atoms with Crippen LogP contribution in [0.5, 0.6) is 5.75 Å². The van der Waals surface area contributed by atoms with E-state index in [9.17, 15) is 9.59 Å². The van der Waals surface area contributed by atoms with E-state index in [1.807, 2.05) is 54.3 Å². The molecule has 1 saturated heterocycles. The van der Waals surface area contributed by atoms with Gasteiger partial charge >= 0.3 is 0 Å². The SMILES string of the molecule is CCOc1ccc(N2C[C@H](C(=O)N3CCCc4ccccc43)CC2=O)cc1. The molecule has 140 valence electrons. The number of para-hydroxylation sites is 1. The van der Waals surface area contributed by atoms with Crippen LogP contribution in [0.2, 0.25) is 0 Å². The number of aryl methyl sites for hydroxylation is 1. The molecule has 0 aliphatic carbocycles. The van der Waals surface area contributed by atoms with Crippen LogP contribution < -0.4 is 14.5 Å². The fraction of sp³-hybridized carbons (Fsp3) is 0.364. The van der Waals surface area contributed by atoms with Crippen molar-refractivity contribution in [1.82, 2.24) is 0 Å². The van der Waals surface area contributed by atoms with Crippen molar-refractivity contribution in [3.8, 4) is 5.75 Å². The van der Waals surface area contributed by atoms with E-state index in [0.29, 0.717) is 13.2 Å². The standard InChI is InChI=1S/C22H24N2O3/c1-2-27-19-11-9-18(10-12-19)24-15-17(14-21(24)25)22(26)23-13-5-7-16-6-3-4-8-20(16)23/h3-4,6,8-12,17H,2,5,7,13-15H2,1H3/t17-/m1/s1. The normalized spacial score (nSPS) is 19.1. The second-order valence-electron chi connectivity index (χ2n) is 7.05. The molecule has 0 N–H and O–H groups in total. The van der Waals surface area contributed by atoms with Gasteiger partial charge in [0.05, 0.1) is 12.5 Å². The summed E-state index contributed by atoms with van der Waals surface area (Å²) in [4.78, 5) is 29.3. The number of carbonyl (C=O) groups is 2. The number of hydrogen-bond donors (Lipinski definition) is 0. The summed E-state index contributed by atoms with van der Waals surface area (Å²) in [7, 11) is 0. The van der Waals surface area contributed by atoms with Crippen molar-refractivity contribution in [2.45, 2.75) is 26.2 Å². The number of hydrogen-bond acceptors (Lipinski definition) is 3. The number of amides is 2. The van der Waals surface area contributed by atoms with Gasteiger partial charge in [-0.25, -0.2) is 0 Å². The Labute approximate surface area is 159 Å². The summed E-state index contributed by atoms with van der Waals surface area (Å²) in [6.45, 7) is 3.71. The first kappa shape index (κ1) is 17.6. The van der Waals surface area contributed by atoms with E-state index in [1.165, 1.54) is 5.56 Å². The van der Waals surface area contributed by atoms with Crippen LogP contribution in [0.25, 0.3) is 0 Å². The Morgan fingerprint density at radius 2 is 1.93 bits per heavy atom. The van der Waals surface area contributed by atoms with E-state index in [2.05, 4.69) is 6.07 Å². The fourth-order valence-corrected chi connectivity index (χ4v) is 3.99. The highest BCUT2D eigenvalue weighted by molar-refractivity contribution is 6.04. The zero-order valence-corrected chi connectivity index (χ0v) is 15.6. The molecule has 0 saturated carbocycles. The lowest BCUT2D eigenvalue weighted by Gasteiger charge is -2.31. The molecule has 2 aliphatic rings. The lowest BCUT2D eigenvalue weighted by molar-refractivity contribution is -0.124. The van der Waals surface area contributed by atoms with Gasteiger partial charge in [-0.3, -0.25) is 9.59 Å². The lowest BCUT2D eigenvalue weighted by atomic mass is 9.99. The zero-order chi connectivity index (χ0) is 18.8. The van der Waals surface area contributed by atoms with E-state index >= 15 is 0 Å². The molecule has 4 rings (SSSR count). The van der Waals surface area contributed by atoms with Gasteiger partial charge in [-0.15, -0.1) is 0 Å². The molecule has 5 nitrogen and oxygen atoms in total. The lowest BCUT2D eigenvalue weighted by Crippen LogP contribution is -2.40. The number of anilines is 2. The van der Waals surface area contributed by atoms with Crippen molar-refractivity contribution in [1.29, 1.82) is 0 Å². The van der Waals surface area contributed by atoms with Crippen molar-refractivity contribution < 1.29 is 14.3 Å². The number of benzene rings is 2. The first-order chi connectivity index (χ1) is 13.2. The third kappa shape index (κ3) is 3.42. The van der Waals surface area contributed by atoms with E-state index in [1.54, 1.807) is 4.90 Å². The Morgan fingerprint density at radius 3 is 2.70 bits per heavy atom. The summed E-state index contributed by atoms with van der Waals surface area (Å²) in [5.74, 6) is 0.549. The Balaban J connectivity index is 1.50. The molecule has 1 atom stereocenters. The van der Waals surface area contributed by atoms with E-state index in [0.717, 1.165) is 36.5 Å². The fourth-order valence-electron chi connectivity index (χ4n) is 3.99. The molecule has 2 heterocycles. The van der Waals surface area contributed by atoms with E-state index in [-0.39, 0.29) is 24.2 Å². The van der Waals surface area contributed by atoms with Crippen molar-refractivity contribution in [2.24, 2.45) is 5.92 Å². The summed E-state index contributed by atoms with van der Waals surface area (Å²) in [6, 6.07) is 15.6. The molecule has 0 radical (unpaired) electrons. The average Bonchev–Trinajstić information content (AvgIpc) is 3.09. The molecular formula is C22H24N2O3. The van der Waals surface area contributed by atoms with Gasteiger partial charge < -0.3 is 14.5 Å². The summed E-state index contributed by atoms with van der Waals surface area (Å²) >= 11 is 0. The van der Waals surface area contributed by atoms with E-state index < -0.39 is 0 Å². The highest BCUT2D eigenvalue weighted by Crippen LogP contribution is 2.32. The van der Waals surface area contributed by atoms with Crippen molar-refractivity contribution in [2.75, 3.05) is 29.5 Å². The van der Waals surface area contributed by atoms with Gasteiger partial charge in [0.1, 0.15) is 5.75 Å². The van der Waals surface area contributed by atoms with Crippen LogP contribution in [0, 0.1) is 5.92 Å². The smallest absolute Gasteiger partial charge is 0.232 e. The topological polar surface area (TPSA) is 49.9 Å². The van der Waals surface area contributed by atoms with Gasteiger partial charge in [0.15, 0.2) is 0 Å². The Kier molecular flexibility index (Phi) is 4.84. The van der Waals surface area contributed by atoms with Crippen LogP contribution in [0.15, 0.2) is 48.5 Å². The van der Waals surface area contributed by atoms with E-state index in [4.69, 9.17) is 4.74 Å². The molecule has 0 bridgehead atoms. The quantitative estimate of drug-likeness (QED) is 0.835. The number of carbonyl (C=O) groups excluding carboxylic acids is 2. The van der Waals surface area contributed by atoms with Crippen molar-refractivity contribution >= 4 is 23.2 Å². The molecule has 0 spiro atoms. The molecule has 5 heteroatoms. The minimum Gasteiger partial charge on any atom is -0.494 e. The van der Waals surface area contributed by atoms with Crippen LogP contribution >= 0.6 is 0 Å². The highest BCUT2D eigenvalue weighted by Gasteiger charge is 2.38. The van der Waals surface area contributed by atoms with Crippen LogP contribution in [0.1, 0.15) is 25.3 Å². The number of ether oxygens (including phenoxy) is 1. The van der Waals surface area contributed by atoms with Crippen LogP contribution in [-0.4, -0.2) is 31.5 Å². The second-order valence-corrected chi connectivity index (χ2v) is 7.05. The maximum atomic E-state index is 13.2. The van der Waals surface area contributed by atoms with Gasteiger partial charge in [-0.2, -0.15) is 0 Å². The average molecular weight is 364 g/mol. The third-order valence-corrected chi connectivity index (χ3v) is 5.31. The first-order valence-corrected chi connectivity index (χ1v) is 9.60. The van der Waals surface area contributed by atoms with Gasteiger partial charge in [0.25, 0.3) is 0 Å². The Morgan fingerprint density at radius 1 is 1.15 bits per heavy atom. The van der Waals surface area contributed by atoms with Crippen molar-refractivity contribution in [3.05, 3.63) is 54.1 Å². The third-order valence-electron chi connectivity index (χ3n) is 5.31. The van der Waals surface area contributed by atoms with Gasteiger partial charge in [-0.05, 0) is 55.7 Å². The monoisotopic (exact) mass is 364 g/mol. The van der Waals surface area contributed by atoms with Crippen LogP contribution in [0.3, 0.4) is 0 Å².